The Bertz CT molecular complexity index is 4160. The smallest absolute Gasteiger partial charge is 0.166 e. The molecule has 0 N–H and O–H groups in total. The summed E-state index contributed by atoms with van der Waals surface area (Å²) in [6.45, 7) is 0. The van der Waals surface area contributed by atoms with E-state index in [9.17, 15) is 0 Å². The van der Waals surface area contributed by atoms with Gasteiger partial charge in [-0.05, 0) is 53.2 Å². The first-order valence-corrected chi connectivity index (χ1v) is 22.0. The Hall–Kier alpha value is -9.14. The standard InChI is InChI=1S/C58H33N7O/c1-4-15-35(16-5-1)53-59-54(36-17-6-2-7-18-36)63-58(62-53)44-26-14-24-40-41-30-31-43(50-42-25-12-21-34-22-13-27-46(49(34)42)65(51(40)44)52(41)50)57-61-55(37-19-8-3-9-20-37)60-56(64-57)38-29-32-48-45(33-38)39-23-10-11-28-47(39)66-48/h1-33H. The fourth-order valence-corrected chi connectivity index (χ4v) is 9.89. The van der Waals surface area contributed by atoms with Crippen LogP contribution in [-0.4, -0.2) is 34.3 Å². The fourth-order valence-electron chi connectivity index (χ4n) is 9.89. The molecule has 0 saturated carbocycles. The van der Waals surface area contributed by atoms with Crippen LogP contribution in [0, 0.1) is 0 Å². The molecule has 0 radical (unpaired) electrons. The van der Waals surface area contributed by atoms with Gasteiger partial charge in [-0.3, -0.25) is 0 Å². The predicted octanol–water partition coefficient (Wildman–Crippen LogP) is 14.3. The van der Waals surface area contributed by atoms with E-state index in [0.717, 1.165) is 104 Å². The number of nitrogens with zero attached hydrogens (tertiary/aromatic N) is 7. The highest BCUT2D eigenvalue weighted by Crippen LogP contribution is 2.46. The third-order valence-electron chi connectivity index (χ3n) is 12.8. The van der Waals surface area contributed by atoms with Crippen molar-refractivity contribution in [2.24, 2.45) is 0 Å². The van der Waals surface area contributed by atoms with Gasteiger partial charge in [0.25, 0.3) is 0 Å². The largest absolute Gasteiger partial charge is 0.456 e. The number of benzene rings is 9. The summed E-state index contributed by atoms with van der Waals surface area (Å²) in [5.74, 6) is 3.57. The molecule has 9 aromatic carbocycles. The molecule has 306 valence electrons. The van der Waals surface area contributed by atoms with Crippen molar-refractivity contribution in [2.75, 3.05) is 0 Å². The maximum atomic E-state index is 6.22. The Balaban J connectivity index is 1.08. The average Bonchev–Trinajstić information content (AvgIpc) is 3.94. The highest BCUT2D eigenvalue weighted by atomic mass is 16.3. The lowest BCUT2D eigenvalue weighted by atomic mass is 9.95. The van der Waals surface area contributed by atoms with Crippen molar-refractivity contribution in [1.29, 1.82) is 0 Å². The van der Waals surface area contributed by atoms with Crippen LogP contribution in [0.1, 0.15) is 0 Å². The maximum absolute atomic E-state index is 6.22. The van der Waals surface area contributed by atoms with Crippen molar-refractivity contribution < 1.29 is 4.42 Å². The van der Waals surface area contributed by atoms with Crippen LogP contribution in [0.3, 0.4) is 0 Å². The van der Waals surface area contributed by atoms with Gasteiger partial charge in [-0.1, -0.05) is 158 Å². The Morgan fingerprint density at radius 1 is 0.303 bits per heavy atom. The minimum atomic E-state index is 0.578. The van der Waals surface area contributed by atoms with Gasteiger partial charge in [0.05, 0.1) is 16.6 Å². The first-order chi connectivity index (χ1) is 32.7. The molecule has 0 atom stereocenters. The Morgan fingerprint density at radius 3 is 1.50 bits per heavy atom. The Labute approximate surface area is 376 Å². The van der Waals surface area contributed by atoms with Gasteiger partial charge in [-0.2, -0.15) is 0 Å². The summed E-state index contributed by atoms with van der Waals surface area (Å²) in [5.41, 5.74) is 10.2. The number of rotatable bonds is 6. The number of furan rings is 1. The summed E-state index contributed by atoms with van der Waals surface area (Å²) >= 11 is 0. The molecule has 0 fully saturated rings. The lowest BCUT2D eigenvalue weighted by Gasteiger charge is -2.16. The van der Waals surface area contributed by atoms with Gasteiger partial charge in [0, 0.05) is 65.7 Å². The van der Waals surface area contributed by atoms with E-state index in [-0.39, 0.29) is 0 Å². The summed E-state index contributed by atoms with van der Waals surface area (Å²) in [6, 6.07) is 68.7. The van der Waals surface area contributed by atoms with Crippen LogP contribution in [0.5, 0.6) is 0 Å². The zero-order valence-corrected chi connectivity index (χ0v) is 35.1. The zero-order chi connectivity index (χ0) is 43.3. The quantitative estimate of drug-likeness (QED) is 0.121. The molecule has 0 saturated heterocycles. The van der Waals surface area contributed by atoms with Gasteiger partial charge in [-0.25, -0.2) is 29.9 Å². The molecule has 5 aromatic heterocycles. The van der Waals surface area contributed by atoms with E-state index in [1.54, 1.807) is 0 Å². The highest BCUT2D eigenvalue weighted by Gasteiger charge is 2.25. The number of para-hydroxylation sites is 2. The molecular weight excluding hydrogens is 811 g/mol. The molecule has 8 nitrogen and oxygen atoms in total. The third-order valence-corrected chi connectivity index (χ3v) is 12.8. The van der Waals surface area contributed by atoms with E-state index in [0.29, 0.717) is 34.9 Å². The zero-order valence-electron chi connectivity index (χ0n) is 35.1. The molecule has 0 amide bonds. The van der Waals surface area contributed by atoms with E-state index in [1.807, 2.05) is 121 Å². The predicted molar refractivity (Wildman–Crippen MR) is 265 cm³/mol. The molecule has 14 aromatic rings. The topological polar surface area (TPSA) is 94.9 Å². The van der Waals surface area contributed by atoms with E-state index >= 15 is 0 Å². The number of hydrogen-bond donors (Lipinski definition) is 0. The Kier molecular flexibility index (Phi) is 7.81. The number of pyridine rings is 1. The maximum Gasteiger partial charge on any atom is 0.166 e. The molecule has 8 heteroatoms. The number of hydrogen-bond acceptors (Lipinski definition) is 7. The molecule has 14 rings (SSSR count). The van der Waals surface area contributed by atoms with Gasteiger partial charge in [0.1, 0.15) is 11.2 Å². The summed E-state index contributed by atoms with van der Waals surface area (Å²) < 4.78 is 8.64. The van der Waals surface area contributed by atoms with Crippen molar-refractivity contribution in [2.45, 2.75) is 0 Å². The normalized spacial score (nSPS) is 11.9. The molecule has 0 aliphatic heterocycles. The van der Waals surface area contributed by atoms with Crippen molar-refractivity contribution in [3.8, 4) is 68.3 Å². The number of aromatic nitrogens is 7. The summed E-state index contributed by atoms with van der Waals surface area (Å²) in [7, 11) is 0. The SMILES string of the molecule is c1ccc(-c2nc(-c3ccc4oc5ccccc5c4c3)nc(-c3ccc4c5cccc(-c6nc(-c7ccccc7)nc(-c7ccccc7)n6)c5n5c6cccc7cccc(c3c45)c76)n2)cc1. The van der Waals surface area contributed by atoms with Crippen LogP contribution in [-0.2, 0) is 0 Å². The molecular formula is C58H33N7O. The molecule has 0 aliphatic rings. The second-order valence-electron chi connectivity index (χ2n) is 16.6. The lowest BCUT2D eigenvalue weighted by Crippen LogP contribution is -2.02. The van der Waals surface area contributed by atoms with Gasteiger partial charge < -0.3 is 8.82 Å². The first kappa shape index (κ1) is 36.4. The monoisotopic (exact) mass is 843 g/mol. The van der Waals surface area contributed by atoms with Crippen molar-refractivity contribution in [1.82, 2.24) is 34.3 Å². The van der Waals surface area contributed by atoms with E-state index in [2.05, 4.69) is 83.3 Å². The van der Waals surface area contributed by atoms with E-state index < -0.39 is 0 Å². The lowest BCUT2D eigenvalue weighted by molar-refractivity contribution is 0.669. The summed E-state index contributed by atoms with van der Waals surface area (Å²) in [4.78, 5) is 31.3. The van der Waals surface area contributed by atoms with Gasteiger partial charge in [-0.15, -0.1) is 0 Å². The fraction of sp³-hybridized carbons (Fsp3) is 0. The van der Waals surface area contributed by atoms with Crippen LogP contribution >= 0.6 is 0 Å². The molecule has 5 heterocycles. The van der Waals surface area contributed by atoms with Gasteiger partial charge >= 0.3 is 0 Å². The number of fused-ring (bicyclic) bond motifs is 8. The van der Waals surface area contributed by atoms with Crippen molar-refractivity contribution >= 4 is 70.8 Å². The van der Waals surface area contributed by atoms with Crippen molar-refractivity contribution in [3.05, 3.63) is 200 Å². The molecule has 0 unspecified atom stereocenters. The highest BCUT2D eigenvalue weighted by molar-refractivity contribution is 6.30. The summed E-state index contributed by atoms with van der Waals surface area (Å²) in [6.07, 6.45) is 0. The minimum absolute atomic E-state index is 0.578. The van der Waals surface area contributed by atoms with Gasteiger partial charge in [0.2, 0.25) is 0 Å². The summed E-state index contributed by atoms with van der Waals surface area (Å²) in [5, 5.41) is 8.70. The molecule has 0 aliphatic carbocycles. The van der Waals surface area contributed by atoms with Gasteiger partial charge in [0.15, 0.2) is 34.9 Å². The van der Waals surface area contributed by atoms with Crippen LogP contribution in [0.25, 0.3) is 139 Å². The molecule has 0 bridgehead atoms. The van der Waals surface area contributed by atoms with Crippen molar-refractivity contribution in [3.63, 3.8) is 0 Å². The second kappa shape index (κ2) is 14.2. The molecule has 0 spiro atoms. The molecule has 66 heavy (non-hydrogen) atoms. The first-order valence-electron chi connectivity index (χ1n) is 22.0. The van der Waals surface area contributed by atoms with Crippen LogP contribution in [0.4, 0.5) is 0 Å². The van der Waals surface area contributed by atoms with Crippen LogP contribution in [0.2, 0.25) is 0 Å². The van der Waals surface area contributed by atoms with Crippen LogP contribution in [0.15, 0.2) is 205 Å². The minimum Gasteiger partial charge on any atom is -0.456 e. The average molecular weight is 844 g/mol. The Morgan fingerprint density at radius 2 is 0.818 bits per heavy atom. The van der Waals surface area contributed by atoms with E-state index in [1.165, 1.54) is 0 Å². The van der Waals surface area contributed by atoms with Crippen LogP contribution < -0.4 is 0 Å². The second-order valence-corrected chi connectivity index (χ2v) is 16.6. The third kappa shape index (κ3) is 5.52. The van der Waals surface area contributed by atoms with E-state index in [4.69, 9.17) is 34.3 Å².